The highest BCUT2D eigenvalue weighted by Gasteiger charge is 2.33. The van der Waals surface area contributed by atoms with Crippen LogP contribution in [0, 0.1) is 0 Å². The minimum absolute atomic E-state index is 0.439. The van der Waals surface area contributed by atoms with E-state index in [4.69, 9.17) is 16.3 Å². The first-order valence-corrected chi connectivity index (χ1v) is 5.29. The Morgan fingerprint density at radius 3 is 1.78 bits per heavy atom. The third-order valence-electron chi connectivity index (χ3n) is 1.62. The molecule has 0 aliphatic carbocycles. The minimum Gasteiger partial charge on any atom is -0.462 e. The molecule has 0 fully saturated rings. The van der Waals surface area contributed by atoms with E-state index in [2.05, 4.69) is 9.47 Å². The van der Waals surface area contributed by atoms with Crippen molar-refractivity contribution in [1.82, 2.24) is 0 Å². The molecule has 0 aromatic rings. The number of rotatable bonds is 6. The lowest BCUT2D eigenvalue weighted by Crippen LogP contribution is -2.42. The predicted octanol–water partition coefficient (Wildman–Crippen LogP) is 0.178. The van der Waals surface area contributed by atoms with Gasteiger partial charge in [-0.15, -0.1) is 0 Å². The van der Waals surface area contributed by atoms with Gasteiger partial charge in [0, 0.05) is 20.8 Å². The fourth-order valence-electron chi connectivity index (χ4n) is 1.04. The zero-order chi connectivity index (χ0) is 14.3. The second-order valence-corrected chi connectivity index (χ2v) is 3.66. The number of esters is 3. The van der Waals surface area contributed by atoms with Crippen LogP contribution >= 0.6 is 11.6 Å². The van der Waals surface area contributed by atoms with Gasteiger partial charge < -0.3 is 14.2 Å². The monoisotopic (exact) mass is 280 g/mol. The first-order valence-electron chi connectivity index (χ1n) is 4.91. The Morgan fingerprint density at radius 2 is 1.44 bits per heavy atom. The average molecular weight is 281 g/mol. The molecule has 0 rings (SSSR count). The van der Waals surface area contributed by atoms with Gasteiger partial charge in [-0.05, 0) is 11.6 Å². The van der Waals surface area contributed by atoms with E-state index < -0.39 is 42.0 Å². The SMILES string of the molecule is CC(=O)OCC(OC(C)=O)C(OC(C)=O)C(=O)Cl. The van der Waals surface area contributed by atoms with Crippen LogP contribution in [0.3, 0.4) is 0 Å². The van der Waals surface area contributed by atoms with Gasteiger partial charge in [0.15, 0.2) is 6.10 Å². The summed E-state index contributed by atoms with van der Waals surface area (Å²) < 4.78 is 13.9. The Labute approximate surface area is 108 Å². The molecule has 8 heteroatoms. The summed E-state index contributed by atoms with van der Waals surface area (Å²) in [6.07, 6.45) is -2.80. The summed E-state index contributed by atoms with van der Waals surface area (Å²) in [5.74, 6) is -2.16. The molecule has 0 bridgehead atoms. The lowest BCUT2D eigenvalue weighted by molar-refractivity contribution is -0.174. The highest BCUT2D eigenvalue weighted by Crippen LogP contribution is 2.10. The molecule has 2 unspecified atom stereocenters. The van der Waals surface area contributed by atoms with Crippen LogP contribution in [0.4, 0.5) is 0 Å². The van der Waals surface area contributed by atoms with Crippen LogP contribution in [0.5, 0.6) is 0 Å². The average Bonchev–Trinajstić information content (AvgIpc) is 2.19. The number of hydrogen-bond acceptors (Lipinski definition) is 7. The van der Waals surface area contributed by atoms with Crippen molar-refractivity contribution in [3.63, 3.8) is 0 Å². The van der Waals surface area contributed by atoms with Gasteiger partial charge in [0.25, 0.3) is 5.24 Å². The van der Waals surface area contributed by atoms with Crippen molar-refractivity contribution in [1.29, 1.82) is 0 Å². The quantitative estimate of drug-likeness (QED) is 0.389. The van der Waals surface area contributed by atoms with Crippen LogP contribution in [0.2, 0.25) is 0 Å². The van der Waals surface area contributed by atoms with Gasteiger partial charge in [-0.3, -0.25) is 19.2 Å². The molecular formula is C10H13ClO7. The molecule has 0 amide bonds. The van der Waals surface area contributed by atoms with Gasteiger partial charge in [-0.2, -0.15) is 0 Å². The zero-order valence-corrected chi connectivity index (χ0v) is 10.9. The van der Waals surface area contributed by atoms with Crippen LogP contribution in [0.1, 0.15) is 20.8 Å². The summed E-state index contributed by atoms with van der Waals surface area (Å²) in [6.45, 7) is 2.84. The summed E-state index contributed by atoms with van der Waals surface area (Å²) in [6, 6.07) is 0. The molecule has 0 spiro atoms. The van der Waals surface area contributed by atoms with Crippen LogP contribution < -0.4 is 0 Å². The van der Waals surface area contributed by atoms with Crippen molar-refractivity contribution >= 4 is 34.8 Å². The second kappa shape index (κ2) is 7.65. The minimum atomic E-state index is -1.52. The molecule has 0 aromatic heterocycles. The molecule has 0 aliphatic rings. The molecule has 18 heavy (non-hydrogen) atoms. The number of hydrogen-bond donors (Lipinski definition) is 0. The molecule has 0 aliphatic heterocycles. The van der Waals surface area contributed by atoms with Crippen LogP contribution in [0.25, 0.3) is 0 Å². The molecule has 0 aromatic carbocycles. The van der Waals surface area contributed by atoms with Crippen molar-refractivity contribution < 1.29 is 33.4 Å². The molecule has 102 valence electrons. The van der Waals surface area contributed by atoms with Crippen LogP contribution in [0.15, 0.2) is 0 Å². The maximum Gasteiger partial charge on any atom is 0.303 e. The van der Waals surface area contributed by atoms with E-state index in [9.17, 15) is 19.2 Å². The molecule has 2 atom stereocenters. The van der Waals surface area contributed by atoms with Gasteiger partial charge in [0.2, 0.25) is 6.10 Å². The Bertz CT molecular complexity index is 352. The standard InChI is InChI=1S/C10H13ClO7/c1-5(12)16-4-8(17-6(2)13)9(10(11)15)18-7(3)14/h8-9H,4H2,1-3H3. The normalized spacial score (nSPS) is 13.1. The summed E-state index contributed by atoms with van der Waals surface area (Å²) in [7, 11) is 0. The smallest absolute Gasteiger partial charge is 0.303 e. The van der Waals surface area contributed by atoms with E-state index >= 15 is 0 Å². The van der Waals surface area contributed by atoms with E-state index in [1.165, 1.54) is 0 Å². The van der Waals surface area contributed by atoms with Crippen LogP contribution in [-0.4, -0.2) is 42.0 Å². The fraction of sp³-hybridized carbons (Fsp3) is 0.600. The Balaban J connectivity index is 4.84. The predicted molar refractivity (Wildman–Crippen MR) is 58.6 cm³/mol. The van der Waals surface area contributed by atoms with Crippen molar-refractivity contribution in [3.05, 3.63) is 0 Å². The largest absolute Gasteiger partial charge is 0.462 e. The van der Waals surface area contributed by atoms with Crippen molar-refractivity contribution in [2.45, 2.75) is 33.0 Å². The molecule has 7 nitrogen and oxygen atoms in total. The highest BCUT2D eigenvalue weighted by atomic mass is 35.5. The molecule has 0 N–H and O–H groups in total. The first kappa shape index (κ1) is 16.4. The summed E-state index contributed by atoms with van der Waals surface area (Å²) in [5.41, 5.74) is 0. The lowest BCUT2D eigenvalue weighted by atomic mass is 10.2. The topological polar surface area (TPSA) is 96.0 Å². The lowest BCUT2D eigenvalue weighted by Gasteiger charge is -2.22. The van der Waals surface area contributed by atoms with E-state index in [1.54, 1.807) is 0 Å². The van der Waals surface area contributed by atoms with Crippen LogP contribution in [-0.2, 0) is 33.4 Å². The molecule has 0 heterocycles. The maximum atomic E-state index is 11.1. The highest BCUT2D eigenvalue weighted by molar-refractivity contribution is 6.64. The summed E-state index contributed by atoms with van der Waals surface area (Å²) >= 11 is 5.23. The van der Waals surface area contributed by atoms with Gasteiger partial charge in [-0.25, -0.2) is 0 Å². The van der Waals surface area contributed by atoms with Crippen molar-refractivity contribution in [2.24, 2.45) is 0 Å². The molecule has 0 saturated carbocycles. The van der Waals surface area contributed by atoms with Gasteiger partial charge >= 0.3 is 17.9 Å². The Kier molecular flexibility index (Phi) is 6.96. The number of halogens is 1. The van der Waals surface area contributed by atoms with E-state index in [-0.39, 0.29) is 0 Å². The van der Waals surface area contributed by atoms with Gasteiger partial charge in [-0.1, -0.05) is 0 Å². The first-order chi connectivity index (χ1) is 8.23. The molecule has 0 radical (unpaired) electrons. The Hall–Kier alpha value is -1.63. The third kappa shape index (κ3) is 6.85. The third-order valence-corrected chi connectivity index (χ3v) is 1.84. The van der Waals surface area contributed by atoms with Gasteiger partial charge in [0.05, 0.1) is 0 Å². The van der Waals surface area contributed by atoms with E-state index in [0.29, 0.717) is 0 Å². The Morgan fingerprint density at radius 1 is 0.944 bits per heavy atom. The molecule has 0 saturated heterocycles. The van der Waals surface area contributed by atoms with Crippen molar-refractivity contribution in [3.8, 4) is 0 Å². The zero-order valence-electron chi connectivity index (χ0n) is 10.1. The van der Waals surface area contributed by atoms with E-state index in [0.717, 1.165) is 20.8 Å². The number of carbonyl (C=O) groups excluding carboxylic acids is 4. The molecular weight excluding hydrogens is 268 g/mol. The second-order valence-electron chi connectivity index (χ2n) is 3.28. The van der Waals surface area contributed by atoms with Crippen molar-refractivity contribution in [2.75, 3.05) is 6.61 Å². The van der Waals surface area contributed by atoms with Gasteiger partial charge in [0.1, 0.15) is 6.61 Å². The maximum absolute atomic E-state index is 11.1. The van der Waals surface area contributed by atoms with E-state index in [1.807, 2.05) is 0 Å². The fourth-order valence-corrected chi connectivity index (χ4v) is 1.23. The number of carbonyl (C=O) groups is 4. The summed E-state index contributed by atoms with van der Waals surface area (Å²) in [4.78, 5) is 43.4. The number of ether oxygens (including phenoxy) is 3. The summed E-state index contributed by atoms with van der Waals surface area (Å²) in [5, 5.41) is -1.04.